The molecular formula is C20H24FN3O2. The molecular weight excluding hydrogens is 333 g/mol. The zero-order valence-corrected chi connectivity index (χ0v) is 15.2. The lowest BCUT2D eigenvalue weighted by atomic mass is 10.1. The number of nitrogens with zero attached hydrogens (tertiary/aromatic N) is 3. The molecule has 2 aromatic rings. The first-order valence-electron chi connectivity index (χ1n) is 8.81. The molecule has 26 heavy (non-hydrogen) atoms. The Balaban J connectivity index is 1.58. The van der Waals surface area contributed by atoms with Crippen LogP contribution in [0.2, 0.25) is 0 Å². The van der Waals surface area contributed by atoms with Crippen LogP contribution in [0, 0.1) is 5.82 Å². The minimum Gasteiger partial charge on any atom is -0.375 e. The molecule has 3 rings (SSSR count). The van der Waals surface area contributed by atoms with Crippen LogP contribution in [-0.2, 0) is 11.2 Å². The fourth-order valence-corrected chi connectivity index (χ4v) is 3.07. The minimum atomic E-state index is -0.393. The second-order valence-electron chi connectivity index (χ2n) is 6.71. The Morgan fingerprint density at radius 1 is 1.35 bits per heavy atom. The van der Waals surface area contributed by atoms with Crippen molar-refractivity contribution in [3.8, 4) is 0 Å². The first-order valence-corrected chi connectivity index (χ1v) is 8.81. The molecule has 1 atom stereocenters. The van der Waals surface area contributed by atoms with Gasteiger partial charge in [0.2, 0.25) is 0 Å². The van der Waals surface area contributed by atoms with E-state index < -0.39 is 5.82 Å². The van der Waals surface area contributed by atoms with E-state index in [9.17, 15) is 9.18 Å². The molecule has 0 bridgehead atoms. The van der Waals surface area contributed by atoms with Gasteiger partial charge < -0.3 is 14.5 Å². The topological polar surface area (TPSA) is 45.7 Å². The zero-order chi connectivity index (χ0) is 18.5. The zero-order valence-electron chi connectivity index (χ0n) is 15.2. The minimum absolute atomic E-state index is 0.0165. The van der Waals surface area contributed by atoms with Crippen molar-refractivity contribution in [2.24, 2.45) is 0 Å². The number of ether oxygens (including phenoxy) is 1. The van der Waals surface area contributed by atoms with Crippen molar-refractivity contribution >= 4 is 11.7 Å². The summed E-state index contributed by atoms with van der Waals surface area (Å²) in [5.41, 5.74) is 1.58. The number of anilines is 1. The summed E-state index contributed by atoms with van der Waals surface area (Å²) >= 11 is 0. The Kier molecular flexibility index (Phi) is 5.83. The van der Waals surface area contributed by atoms with Gasteiger partial charge in [-0.1, -0.05) is 6.07 Å². The quantitative estimate of drug-likeness (QED) is 0.825. The normalized spacial score (nSPS) is 17.2. The van der Waals surface area contributed by atoms with Crippen LogP contribution in [0.4, 0.5) is 10.2 Å². The fraction of sp³-hybridized carbons (Fsp3) is 0.400. The Labute approximate surface area is 153 Å². The Bertz CT molecular complexity index is 766. The number of carbonyl (C=O) groups is 1. The molecule has 0 aliphatic carbocycles. The van der Waals surface area contributed by atoms with Gasteiger partial charge in [-0.3, -0.25) is 4.79 Å². The van der Waals surface area contributed by atoms with E-state index in [-0.39, 0.29) is 12.0 Å². The molecule has 0 saturated carbocycles. The maximum atomic E-state index is 13.4. The van der Waals surface area contributed by atoms with E-state index in [2.05, 4.69) is 11.1 Å². The number of pyridine rings is 1. The third-order valence-corrected chi connectivity index (χ3v) is 4.52. The van der Waals surface area contributed by atoms with Crippen LogP contribution in [0.1, 0.15) is 22.3 Å². The maximum Gasteiger partial charge on any atom is 0.254 e. The van der Waals surface area contributed by atoms with Crippen LogP contribution in [-0.4, -0.2) is 55.7 Å². The standard InChI is InChI=1S/C20H24FN3O2/c1-23(2)19-12-15(8-9-22-19)6-7-18-14-24(10-11-26-18)20(25)16-4-3-5-17(21)13-16/h3-5,8-9,12-13,18H,6-7,10-11,14H2,1-2H3. The van der Waals surface area contributed by atoms with Crippen LogP contribution in [0.5, 0.6) is 0 Å². The summed E-state index contributed by atoms with van der Waals surface area (Å²) in [7, 11) is 3.93. The van der Waals surface area contributed by atoms with E-state index in [0.29, 0.717) is 25.3 Å². The second kappa shape index (κ2) is 8.27. The highest BCUT2D eigenvalue weighted by molar-refractivity contribution is 5.94. The van der Waals surface area contributed by atoms with Crippen LogP contribution in [0.15, 0.2) is 42.6 Å². The van der Waals surface area contributed by atoms with E-state index in [1.54, 1.807) is 17.0 Å². The van der Waals surface area contributed by atoms with Crippen molar-refractivity contribution in [2.75, 3.05) is 38.7 Å². The van der Waals surface area contributed by atoms with Gasteiger partial charge in [0.15, 0.2) is 0 Å². The summed E-state index contributed by atoms with van der Waals surface area (Å²) in [6.07, 6.45) is 3.48. The lowest BCUT2D eigenvalue weighted by Gasteiger charge is -2.33. The van der Waals surface area contributed by atoms with Crippen molar-refractivity contribution in [1.29, 1.82) is 0 Å². The molecule has 6 heteroatoms. The predicted octanol–water partition coefficient (Wildman–Crippen LogP) is 2.76. The third kappa shape index (κ3) is 4.58. The Morgan fingerprint density at radius 3 is 2.96 bits per heavy atom. The molecule has 1 aromatic carbocycles. The molecule has 1 aliphatic heterocycles. The summed E-state index contributed by atoms with van der Waals surface area (Å²) in [6.45, 7) is 1.57. The van der Waals surface area contributed by atoms with Crippen molar-refractivity contribution in [1.82, 2.24) is 9.88 Å². The number of halogens is 1. The number of hydrogen-bond acceptors (Lipinski definition) is 4. The third-order valence-electron chi connectivity index (χ3n) is 4.52. The summed E-state index contributed by atoms with van der Waals surface area (Å²) in [6, 6.07) is 9.91. The van der Waals surface area contributed by atoms with Gasteiger partial charge in [-0.15, -0.1) is 0 Å². The van der Waals surface area contributed by atoms with Crippen LogP contribution in [0.3, 0.4) is 0 Å². The first-order chi connectivity index (χ1) is 12.5. The maximum absolute atomic E-state index is 13.4. The van der Waals surface area contributed by atoms with E-state index in [1.807, 2.05) is 31.3 Å². The van der Waals surface area contributed by atoms with E-state index in [0.717, 1.165) is 18.7 Å². The van der Waals surface area contributed by atoms with Gasteiger partial charge in [-0.05, 0) is 48.7 Å². The first kappa shape index (κ1) is 18.3. The van der Waals surface area contributed by atoms with Crippen molar-refractivity contribution in [2.45, 2.75) is 18.9 Å². The highest BCUT2D eigenvalue weighted by Gasteiger charge is 2.25. The number of aryl methyl sites for hydroxylation is 1. The highest BCUT2D eigenvalue weighted by atomic mass is 19.1. The molecule has 1 aliphatic rings. The van der Waals surface area contributed by atoms with Crippen molar-refractivity contribution < 1.29 is 13.9 Å². The van der Waals surface area contributed by atoms with Crippen LogP contribution in [0.25, 0.3) is 0 Å². The van der Waals surface area contributed by atoms with Crippen LogP contribution >= 0.6 is 0 Å². The molecule has 0 radical (unpaired) electrons. The number of rotatable bonds is 5. The van der Waals surface area contributed by atoms with Gasteiger partial charge in [-0.2, -0.15) is 0 Å². The molecule has 1 fully saturated rings. The number of carbonyl (C=O) groups excluding carboxylic acids is 1. The molecule has 0 N–H and O–H groups in total. The largest absolute Gasteiger partial charge is 0.375 e. The summed E-state index contributed by atoms with van der Waals surface area (Å²) in [5.74, 6) is 0.390. The SMILES string of the molecule is CN(C)c1cc(CCC2CN(C(=O)c3cccc(F)c3)CCO2)ccn1. The Hall–Kier alpha value is -2.47. The molecule has 1 saturated heterocycles. The van der Waals surface area contributed by atoms with Gasteiger partial charge in [0, 0.05) is 38.9 Å². The average Bonchev–Trinajstić information content (AvgIpc) is 2.66. The number of aromatic nitrogens is 1. The molecule has 138 valence electrons. The molecule has 1 unspecified atom stereocenters. The molecule has 1 amide bonds. The van der Waals surface area contributed by atoms with Gasteiger partial charge in [0.05, 0.1) is 12.7 Å². The van der Waals surface area contributed by atoms with Gasteiger partial charge in [0.25, 0.3) is 5.91 Å². The van der Waals surface area contributed by atoms with E-state index >= 15 is 0 Å². The highest BCUT2D eigenvalue weighted by Crippen LogP contribution is 2.17. The lowest BCUT2D eigenvalue weighted by Crippen LogP contribution is -2.45. The van der Waals surface area contributed by atoms with Gasteiger partial charge in [0.1, 0.15) is 11.6 Å². The predicted molar refractivity (Wildman–Crippen MR) is 98.9 cm³/mol. The Morgan fingerprint density at radius 2 is 2.19 bits per heavy atom. The molecule has 0 spiro atoms. The smallest absolute Gasteiger partial charge is 0.254 e. The summed E-state index contributed by atoms with van der Waals surface area (Å²) in [4.78, 5) is 20.6. The second-order valence-corrected chi connectivity index (χ2v) is 6.71. The molecule has 5 nitrogen and oxygen atoms in total. The molecule has 1 aromatic heterocycles. The van der Waals surface area contributed by atoms with Crippen molar-refractivity contribution in [3.63, 3.8) is 0 Å². The number of hydrogen-bond donors (Lipinski definition) is 0. The van der Waals surface area contributed by atoms with Gasteiger partial charge in [-0.25, -0.2) is 9.37 Å². The summed E-state index contributed by atoms with van der Waals surface area (Å²) < 4.78 is 19.2. The van der Waals surface area contributed by atoms with Crippen molar-refractivity contribution in [3.05, 3.63) is 59.5 Å². The molecule has 2 heterocycles. The number of morpholine rings is 1. The lowest BCUT2D eigenvalue weighted by molar-refractivity contribution is -0.0246. The van der Waals surface area contributed by atoms with E-state index in [4.69, 9.17) is 4.74 Å². The average molecular weight is 357 g/mol. The monoisotopic (exact) mass is 357 g/mol. The number of amides is 1. The van der Waals surface area contributed by atoms with E-state index in [1.165, 1.54) is 17.7 Å². The number of benzene rings is 1. The summed E-state index contributed by atoms with van der Waals surface area (Å²) in [5, 5.41) is 0. The van der Waals surface area contributed by atoms with Crippen LogP contribution < -0.4 is 4.90 Å². The fourth-order valence-electron chi connectivity index (χ4n) is 3.07. The van der Waals surface area contributed by atoms with Gasteiger partial charge >= 0.3 is 0 Å².